The van der Waals surface area contributed by atoms with Gasteiger partial charge in [0.05, 0.1) is 0 Å². The lowest BCUT2D eigenvalue weighted by molar-refractivity contribution is -0.149. The summed E-state index contributed by atoms with van der Waals surface area (Å²) in [6.07, 6.45) is 0.827. The second-order valence-electron chi connectivity index (χ2n) is 3.40. The highest BCUT2D eigenvalue weighted by Gasteiger charge is 2.32. The minimum absolute atomic E-state index is 0.0476. The maximum absolute atomic E-state index is 11.6. The van der Waals surface area contributed by atoms with E-state index in [0.717, 1.165) is 0 Å². The van der Waals surface area contributed by atoms with Crippen molar-refractivity contribution >= 4 is 29.3 Å². The van der Waals surface area contributed by atoms with Crippen LogP contribution in [0.2, 0.25) is 0 Å². The van der Waals surface area contributed by atoms with E-state index in [1.807, 2.05) is 0 Å². The van der Waals surface area contributed by atoms with Gasteiger partial charge in [-0.3, -0.25) is 19.7 Å². The number of hydrogen-bond donors (Lipinski definition) is 1. The van der Waals surface area contributed by atoms with E-state index < -0.39 is 17.9 Å². The Morgan fingerprint density at radius 3 is 2.87 bits per heavy atom. The zero-order valence-electron chi connectivity index (χ0n) is 8.46. The van der Waals surface area contributed by atoms with Gasteiger partial charge in [0, 0.05) is 12.3 Å². The van der Waals surface area contributed by atoms with Crippen LogP contribution >= 0.6 is 11.6 Å². The molecule has 0 saturated carbocycles. The number of hydrogen-bond acceptors (Lipinski definition) is 3. The van der Waals surface area contributed by atoms with Crippen molar-refractivity contribution in [1.29, 1.82) is 0 Å². The van der Waals surface area contributed by atoms with Crippen LogP contribution in [0.5, 0.6) is 0 Å². The van der Waals surface area contributed by atoms with Crippen LogP contribution in [0.15, 0.2) is 0 Å². The Kier molecular flexibility index (Phi) is 4.08. The summed E-state index contributed by atoms with van der Waals surface area (Å²) in [4.78, 5) is 35.2. The summed E-state index contributed by atoms with van der Waals surface area (Å²) < 4.78 is 0. The molecule has 5 nitrogen and oxygen atoms in total. The lowest BCUT2D eigenvalue weighted by Gasteiger charge is -2.31. The zero-order chi connectivity index (χ0) is 11.4. The Morgan fingerprint density at radius 1 is 1.60 bits per heavy atom. The monoisotopic (exact) mass is 232 g/mol. The minimum atomic E-state index is -0.578. The van der Waals surface area contributed by atoms with Gasteiger partial charge in [-0.1, -0.05) is 0 Å². The van der Waals surface area contributed by atoms with Gasteiger partial charge in [0.25, 0.3) is 0 Å². The molecule has 1 heterocycles. The fraction of sp³-hybridized carbons (Fsp3) is 0.667. The van der Waals surface area contributed by atoms with E-state index in [0.29, 0.717) is 12.3 Å². The van der Waals surface area contributed by atoms with Crippen LogP contribution in [0.25, 0.3) is 0 Å². The largest absolute Gasteiger partial charge is 0.322 e. The maximum Gasteiger partial charge on any atom is 0.249 e. The number of halogens is 1. The molecular weight excluding hydrogens is 220 g/mol. The number of imide groups is 1. The summed E-state index contributed by atoms with van der Waals surface area (Å²) in [7, 11) is 0. The maximum atomic E-state index is 11.6. The van der Waals surface area contributed by atoms with Crippen molar-refractivity contribution in [2.75, 3.05) is 12.4 Å². The zero-order valence-corrected chi connectivity index (χ0v) is 9.21. The molecule has 1 saturated heterocycles. The predicted octanol–water partition coefficient (Wildman–Crippen LogP) is -0.121. The van der Waals surface area contributed by atoms with Gasteiger partial charge in [-0.15, -0.1) is 11.6 Å². The second kappa shape index (κ2) is 5.11. The van der Waals surface area contributed by atoms with Crippen LogP contribution in [0.3, 0.4) is 0 Å². The molecule has 1 N–H and O–H groups in total. The van der Waals surface area contributed by atoms with E-state index in [1.165, 1.54) is 4.90 Å². The molecule has 0 aliphatic carbocycles. The van der Waals surface area contributed by atoms with Gasteiger partial charge < -0.3 is 4.90 Å². The summed E-state index contributed by atoms with van der Waals surface area (Å²) in [6, 6.07) is -0.578. The topological polar surface area (TPSA) is 66.5 Å². The van der Waals surface area contributed by atoms with Crippen LogP contribution < -0.4 is 5.32 Å². The molecule has 3 amide bonds. The fourth-order valence-electron chi connectivity index (χ4n) is 1.38. The van der Waals surface area contributed by atoms with Gasteiger partial charge in [0.15, 0.2) is 0 Å². The molecule has 0 aromatic heterocycles. The van der Waals surface area contributed by atoms with Crippen molar-refractivity contribution in [3.8, 4) is 0 Å². The first-order valence-electron chi connectivity index (χ1n) is 4.75. The average molecular weight is 233 g/mol. The molecule has 84 valence electrons. The number of piperazine rings is 1. The summed E-state index contributed by atoms with van der Waals surface area (Å²) in [5, 5.41) is 2.17. The Balaban J connectivity index is 2.62. The number of carbonyl (C=O) groups excluding carboxylic acids is 3. The Morgan fingerprint density at radius 2 is 2.27 bits per heavy atom. The number of amides is 3. The van der Waals surface area contributed by atoms with Crippen LogP contribution in [-0.4, -0.2) is 41.1 Å². The Hall–Kier alpha value is -1.10. The molecule has 0 bridgehead atoms. The summed E-state index contributed by atoms with van der Waals surface area (Å²) in [6.45, 7) is 1.55. The first-order chi connectivity index (χ1) is 7.06. The van der Waals surface area contributed by atoms with E-state index >= 15 is 0 Å². The van der Waals surface area contributed by atoms with Gasteiger partial charge in [-0.25, -0.2) is 0 Å². The molecule has 6 heteroatoms. The Labute approximate surface area is 92.8 Å². The summed E-state index contributed by atoms with van der Waals surface area (Å²) in [5.74, 6) is -0.664. The van der Waals surface area contributed by atoms with Crippen LogP contribution in [0.1, 0.15) is 19.8 Å². The number of carbonyl (C=O) groups is 3. The molecule has 0 radical (unpaired) electrons. The van der Waals surface area contributed by atoms with Crippen molar-refractivity contribution in [3.63, 3.8) is 0 Å². The number of alkyl halides is 1. The van der Waals surface area contributed by atoms with Crippen LogP contribution in [0.4, 0.5) is 0 Å². The molecule has 1 rings (SSSR count). The van der Waals surface area contributed by atoms with Gasteiger partial charge in [0.1, 0.15) is 12.6 Å². The van der Waals surface area contributed by atoms with Crippen LogP contribution in [0, 0.1) is 0 Å². The quantitative estimate of drug-likeness (QED) is 0.545. The molecule has 1 unspecified atom stereocenters. The first kappa shape index (κ1) is 12.0. The van der Waals surface area contributed by atoms with E-state index in [9.17, 15) is 14.4 Å². The van der Waals surface area contributed by atoms with Crippen molar-refractivity contribution in [1.82, 2.24) is 10.2 Å². The molecule has 0 aromatic carbocycles. The molecule has 0 spiro atoms. The number of rotatable bonds is 3. The van der Waals surface area contributed by atoms with Gasteiger partial charge in [-0.2, -0.15) is 0 Å². The molecule has 1 atom stereocenters. The second-order valence-corrected chi connectivity index (χ2v) is 3.78. The van der Waals surface area contributed by atoms with Crippen molar-refractivity contribution in [3.05, 3.63) is 0 Å². The number of nitrogens with one attached hydrogen (secondary N) is 1. The normalized spacial score (nSPS) is 21.5. The summed E-state index contributed by atoms with van der Waals surface area (Å²) in [5.41, 5.74) is 0. The Bertz CT molecular complexity index is 293. The fourth-order valence-corrected chi connectivity index (χ4v) is 1.51. The van der Waals surface area contributed by atoms with Gasteiger partial charge >= 0.3 is 0 Å². The van der Waals surface area contributed by atoms with Crippen molar-refractivity contribution in [2.24, 2.45) is 0 Å². The third-order valence-corrected chi connectivity index (χ3v) is 2.54. The van der Waals surface area contributed by atoms with Gasteiger partial charge in [-0.05, 0) is 13.3 Å². The molecule has 1 aliphatic rings. The van der Waals surface area contributed by atoms with Gasteiger partial charge in [0.2, 0.25) is 17.7 Å². The molecular formula is C9H13ClN2O3. The molecule has 0 aromatic rings. The van der Waals surface area contributed by atoms with E-state index in [1.54, 1.807) is 6.92 Å². The van der Waals surface area contributed by atoms with Crippen molar-refractivity contribution in [2.45, 2.75) is 25.8 Å². The standard InChI is InChI=1S/C9H13ClN2O3/c1-6-9(15)11-7(13)5-12(6)8(14)3-2-4-10/h6H,2-5H2,1H3,(H,11,13,15). The third-order valence-electron chi connectivity index (χ3n) is 2.27. The smallest absolute Gasteiger partial charge is 0.249 e. The molecule has 1 fully saturated rings. The third kappa shape index (κ3) is 2.92. The minimum Gasteiger partial charge on any atom is -0.322 e. The number of nitrogens with zero attached hydrogens (tertiary/aromatic N) is 1. The average Bonchev–Trinajstić information content (AvgIpc) is 2.19. The molecule has 15 heavy (non-hydrogen) atoms. The highest BCUT2D eigenvalue weighted by Crippen LogP contribution is 2.08. The van der Waals surface area contributed by atoms with E-state index in [4.69, 9.17) is 11.6 Å². The molecule has 1 aliphatic heterocycles. The predicted molar refractivity (Wildman–Crippen MR) is 54.3 cm³/mol. The lowest BCUT2D eigenvalue weighted by Crippen LogP contribution is -2.58. The summed E-state index contributed by atoms with van der Waals surface area (Å²) >= 11 is 5.46. The van der Waals surface area contributed by atoms with E-state index in [-0.39, 0.29) is 18.9 Å². The first-order valence-corrected chi connectivity index (χ1v) is 5.29. The highest BCUT2D eigenvalue weighted by molar-refractivity contribution is 6.18. The lowest BCUT2D eigenvalue weighted by atomic mass is 10.1. The highest BCUT2D eigenvalue weighted by atomic mass is 35.5. The van der Waals surface area contributed by atoms with Crippen molar-refractivity contribution < 1.29 is 14.4 Å². The van der Waals surface area contributed by atoms with E-state index in [2.05, 4.69) is 5.32 Å². The van der Waals surface area contributed by atoms with Crippen LogP contribution in [-0.2, 0) is 14.4 Å². The SMILES string of the molecule is CC1C(=O)NC(=O)CN1C(=O)CCCCl.